The molecule has 3 aromatic rings. The van der Waals surface area contributed by atoms with Crippen LogP contribution < -0.4 is 10.9 Å². The molecule has 0 saturated heterocycles. The van der Waals surface area contributed by atoms with Gasteiger partial charge >= 0.3 is 0 Å². The Kier molecular flexibility index (Phi) is 4.83. The van der Waals surface area contributed by atoms with Crippen LogP contribution in [0.5, 0.6) is 0 Å². The average molecular weight is 371 g/mol. The zero-order valence-corrected chi connectivity index (χ0v) is 15.2. The van der Waals surface area contributed by atoms with Crippen LogP contribution in [0, 0.1) is 0 Å². The maximum atomic E-state index is 12.2. The zero-order chi connectivity index (χ0) is 17.9. The van der Waals surface area contributed by atoms with Crippen molar-refractivity contribution in [3.63, 3.8) is 0 Å². The van der Waals surface area contributed by atoms with Crippen molar-refractivity contribution in [3.05, 3.63) is 51.9 Å². The van der Waals surface area contributed by atoms with Crippen LogP contribution >= 0.6 is 11.3 Å². The highest BCUT2D eigenvalue weighted by atomic mass is 32.1. The van der Waals surface area contributed by atoms with Gasteiger partial charge in [-0.05, 0) is 12.8 Å². The van der Waals surface area contributed by atoms with Crippen molar-refractivity contribution in [2.75, 3.05) is 6.54 Å². The van der Waals surface area contributed by atoms with Crippen molar-refractivity contribution in [2.24, 2.45) is 0 Å². The highest BCUT2D eigenvalue weighted by molar-refractivity contribution is 7.15. The molecule has 0 unspecified atom stereocenters. The Morgan fingerprint density at radius 1 is 1.35 bits per heavy atom. The minimum absolute atomic E-state index is 0.0505. The number of thiazole rings is 1. The second-order valence-corrected chi connectivity index (χ2v) is 7.55. The van der Waals surface area contributed by atoms with Crippen molar-refractivity contribution in [3.8, 4) is 0 Å². The van der Waals surface area contributed by atoms with Gasteiger partial charge in [0.2, 0.25) is 5.91 Å². The van der Waals surface area contributed by atoms with E-state index in [1.807, 2.05) is 22.2 Å². The summed E-state index contributed by atoms with van der Waals surface area (Å²) in [6, 6.07) is 1.65. The van der Waals surface area contributed by atoms with Crippen LogP contribution in [0.15, 0.2) is 35.0 Å². The van der Waals surface area contributed by atoms with E-state index < -0.39 is 0 Å². The number of hydrogen-bond acceptors (Lipinski definition) is 5. The Hall–Kier alpha value is -2.48. The number of amides is 1. The van der Waals surface area contributed by atoms with Crippen molar-refractivity contribution in [1.82, 2.24) is 24.3 Å². The quantitative estimate of drug-likeness (QED) is 0.718. The van der Waals surface area contributed by atoms with Crippen LogP contribution in [-0.4, -0.2) is 31.4 Å². The summed E-state index contributed by atoms with van der Waals surface area (Å²) in [6.07, 6.45) is 10.3. The zero-order valence-electron chi connectivity index (χ0n) is 14.4. The van der Waals surface area contributed by atoms with E-state index in [0.29, 0.717) is 19.0 Å². The van der Waals surface area contributed by atoms with Crippen LogP contribution in [-0.2, 0) is 17.8 Å². The predicted octanol–water partition coefficient (Wildman–Crippen LogP) is 1.97. The Bertz CT molecular complexity index is 939. The highest BCUT2D eigenvalue weighted by Crippen LogP contribution is 2.32. The van der Waals surface area contributed by atoms with Gasteiger partial charge in [0.15, 0.2) is 4.96 Å². The molecule has 0 aromatic carbocycles. The predicted molar refractivity (Wildman–Crippen MR) is 99.5 cm³/mol. The summed E-state index contributed by atoms with van der Waals surface area (Å²) in [4.78, 5) is 34.0. The molecule has 26 heavy (non-hydrogen) atoms. The first kappa shape index (κ1) is 17.0. The molecule has 1 amide bonds. The van der Waals surface area contributed by atoms with E-state index in [9.17, 15) is 9.59 Å². The number of carbonyl (C=O) groups excluding carboxylic acids is 1. The molecule has 4 rings (SSSR count). The van der Waals surface area contributed by atoms with Crippen molar-refractivity contribution < 1.29 is 4.79 Å². The fourth-order valence-electron chi connectivity index (χ4n) is 3.46. The van der Waals surface area contributed by atoms with Gasteiger partial charge in [0.25, 0.3) is 5.56 Å². The number of hydrogen-bond donors (Lipinski definition) is 1. The lowest BCUT2D eigenvalue weighted by molar-refractivity contribution is -0.120. The summed E-state index contributed by atoms with van der Waals surface area (Å²) >= 11 is 1.54. The number of fused-ring (bicyclic) bond motifs is 1. The van der Waals surface area contributed by atoms with Gasteiger partial charge in [-0.3, -0.25) is 18.6 Å². The third-order valence-corrected chi connectivity index (χ3v) is 5.60. The second kappa shape index (κ2) is 7.41. The number of nitrogens with one attached hydrogen (secondary N) is 1. The summed E-state index contributed by atoms with van der Waals surface area (Å²) in [5.74, 6) is 0.334. The molecule has 3 aromatic heterocycles. The molecule has 0 aliphatic heterocycles. The number of aromatic nitrogens is 4. The fraction of sp³-hybridized carbons (Fsp3) is 0.444. The second-order valence-electron chi connectivity index (χ2n) is 6.68. The van der Waals surface area contributed by atoms with E-state index >= 15 is 0 Å². The number of imidazole rings is 1. The van der Waals surface area contributed by atoms with Crippen LogP contribution in [0.2, 0.25) is 0 Å². The van der Waals surface area contributed by atoms with Gasteiger partial charge in [-0.2, -0.15) is 0 Å². The van der Waals surface area contributed by atoms with E-state index in [-0.39, 0.29) is 17.9 Å². The van der Waals surface area contributed by atoms with Gasteiger partial charge < -0.3 is 5.32 Å². The molecule has 1 N–H and O–H groups in total. The normalized spacial score (nSPS) is 14.9. The number of nitrogens with zero attached hydrogens (tertiary/aromatic N) is 4. The Labute approximate surface area is 154 Å². The fourth-order valence-corrected chi connectivity index (χ4v) is 4.18. The molecule has 1 aliphatic rings. The van der Waals surface area contributed by atoms with Crippen molar-refractivity contribution >= 4 is 22.2 Å². The maximum Gasteiger partial charge on any atom is 0.253 e. The van der Waals surface area contributed by atoms with E-state index in [0.717, 1.165) is 29.2 Å². The van der Waals surface area contributed by atoms with Crippen LogP contribution in [0.1, 0.15) is 43.0 Å². The van der Waals surface area contributed by atoms with E-state index in [1.54, 1.807) is 17.0 Å². The summed E-state index contributed by atoms with van der Waals surface area (Å²) in [7, 11) is 0. The Morgan fingerprint density at radius 2 is 2.19 bits per heavy atom. The molecule has 0 atom stereocenters. The monoisotopic (exact) mass is 371 g/mol. The Morgan fingerprint density at radius 3 is 2.96 bits per heavy atom. The smallest absolute Gasteiger partial charge is 0.253 e. The SMILES string of the molecule is O=C(Cc1cn2ccsc2n1)NCCn1cnc(C2CCCC2)cc1=O. The summed E-state index contributed by atoms with van der Waals surface area (Å²) in [5, 5.41) is 4.80. The first-order chi connectivity index (χ1) is 12.7. The minimum Gasteiger partial charge on any atom is -0.354 e. The lowest BCUT2D eigenvalue weighted by Crippen LogP contribution is -2.32. The molecule has 3 heterocycles. The van der Waals surface area contributed by atoms with Gasteiger partial charge in [-0.15, -0.1) is 11.3 Å². The molecule has 1 aliphatic carbocycles. The molecular weight excluding hydrogens is 350 g/mol. The third kappa shape index (κ3) is 3.70. The van der Waals surface area contributed by atoms with Gasteiger partial charge in [0.05, 0.1) is 24.1 Å². The van der Waals surface area contributed by atoms with Crippen LogP contribution in [0.25, 0.3) is 4.96 Å². The van der Waals surface area contributed by atoms with Gasteiger partial charge in [0, 0.05) is 42.8 Å². The highest BCUT2D eigenvalue weighted by Gasteiger charge is 2.18. The van der Waals surface area contributed by atoms with E-state index in [4.69, 9.17) is 0 Å². The summed E-state index contributed by atoms with van der Waals surface area (Å²) in [6.45, 7) is 0.812. The maximum absolute atomic E-state index is 12.2. The third-order valence-electron chi connectivity index (χ3n) is 4.83. The van der Waals surface area contributed by atoms with Gasteiger partial charge in [-0.1, -0.05) is 12.8 Å². The summed E-state index contributed by atoms with van der Waals surface area (Å²) < 4.78 is 3.45. The molecule has 0 spiro atoms. The van der Waals surface area contributed by atoms with E-state index in [1.165, 1.54) is 24.2 Å². The molecule has 1 fully saturated rings. The average Bonchev–Trinajstić information content (AvgIpc) is 3.33. The largest absolute Gasteiger partial charge is 0.354 e. The molecule has 136 valence electrons. The standard InChI is InChI=1S/C18H21N5O2S/c24-16(9-14-11-22-7-8-26-18(22)21-14)19-5-6-23-12-20-15(10-17(23)25)13-3-1-2-4-13/h7-8,10-13H,1-6,9H2,(H,19,24). The van der Waals surface area contributed by atoms with Crippen LogP contribution in [0.3, 0.4) is 0 Å². The molecule has 0 bridgehead atoms. The molecule has 8 heteroatoms. The number of carbonyl (C=O) groups is 1. The first-order valence-corrected chi connectivity index (χ1v) is 9.81. The lowest BCUT2D eigenvalue weighted by atomic mass is 10.0. The van der Waals surface area contributed by atoms with Crippen molar-refractivity contribution in [2.45, 2.75) is 44.6 Å². The van der Waals surface area contributed by atoms with E-state index in [2.05, 4.69) is 15.3 Å². The van der Waals surface area contributed by atoms with Gasteiger partial charge in [-0.25, -0.2) is 9.97 Å². The van der Waals surface area contributed by atoms with Gasteiger partial charge in [0.1, 0.15) is 0 Å². The molecule has 7 nitrogen and oxygen atoms in total. The molecular formula is C18H21N5O2S. The van der Waals surface area contributed by atoms with Crippen LogP contribution in [0.4, 0.5) is 0 Å². The first-order valence-electron chi connectivity index (χ1n) is 8.93. The lowest BCUT2D eigenvalue weighted by Gasteiger charge is -2.10. The molecule has 0 radical (unpaired) electrons. The van der Waals surface area contributed by atoms with Crippen molar-refractivity contribution in [1.29, 1.82) is 0 Å². The Balaban J connectivity index is 1.29. The topological polar surface area (TPSA) is 81.3 Å². The summed E-state index contributed by atoms with van der Waals surface area (Å²) in [5.41, 5.74) is 1.60. The molecule has 1 saturated carbocycles. The minimum atomic E-state index is -0.0978. The number of rotatable bonds is 6.